The highest BCUT2D eigenvalue weighted by Crippen LogP contribution is 2.16. The summed E-state index contributed by atoms with van der Waals surface area (Å²) in [5, 5.41) is 13.4. The van der Waals surface area contributed by atoms with E-state index in [-0.39, 0.29) is 18.7 Å². The van der Waals surface area contributed by atoms with Gasteiger partial charge in [0.2, 0.25) is 15.9 Å². The molecule has 0 spiro atoms. The number of carbonyl (C=O) groups excluding carboxylic acids is 1. The van der Waals surface area contributed by atoms with Crippen molar-refractivity contribution < 1.29 is 22.5 Å². The molecule has 32 heavy (non-hydrogen) atoms. The highest BCUT2D eigenvalue weighted by Gasteiger charge is 2.27. The summed E-state index contributed by atoms with van der Waals surface area (Å²) in [5.41, 5.74) is 1.22. The number of benzene rings is 3. The van der Waals surface area contributed by atoms with Crippen LogP contribution in [0.25, 0.3) is 0 Å². The van der Waals surface area contributed by atoms with Crippen LogP contribution >= 0.6 is 0 Å². The predicted octanol–water partition coefficient (Wildman–Crippen LogP) is 2.94. The normalized spacial score (nSPS) is 12.2. The van der Waals surface area contributed by atoms with E-state index in [2.05, 4.69) is 10.0 Å². The first-order valence-electron chi connectivity index (χ1n) is 9.58. The maximum absolute atomic E-state index is 14.1. The second-order valence-corrected chi connectivity index (χ2v) is 8.62. The Labute approximate surface area is 184 Å². The molecule has 3 rings (SSSR count). The highest BCUT2D eigenvalue weighted by atomic mass is 32.2. The molecule has 0 saturated carbocycles. The molecule has 0 aliphatic rings. The molecule has 0 aliphatic heterocycles. The van der Waals surface area contributed by atoms with Gasteiger partial charge in [-0.15, -0.1) is 0 Å². The zero-order chi connectivity index (χ0) is 23.1. The van der Waals surface area contributed by atoms with Gasteiger partial charge < -0.3 is 5.32 Å². The fraction of sp³-hybridized carbons (Fsp3) is 0.136. The standard InChI is InChI=1S/C22H20FN3O5S/c23-19-8-4-5-9-21(19)32(30,31)25-20(14-16-6-2-1-3-7-16)22(27)24-15-17-10-12-18(13-11-17)26(28)29/h1-13,20,25H,14-15H2,(H,24,27). The van der Waals surface area contributed by atoms with Gasteiger partial charge in [-0.1, -0.05) is 54.6 Å². The Morgan fingerprint density at radius 3 is 2.19 bits per heavy atom. The second kappa shape index (κ2) is 10.1. The minimum atomic E-state index is -4.31. The fourth-order valence-corrected chi connectivity index (χ4v) is 4.27. The number of nitrogens with zero attached hydrogens (tertiary/aromatic N) is 1. The zero-order valence-electron chi connectivity index (χ0n) is 16.8. The van der Waals surface area contributed by atoms with Gasteiger partial charge in [0.25, 0.3) is 5.69 Å². The Bertz CT molecular complexity index is 1200. The van der Waals surface area contributed by atoms with Crippen LogP contribution in [0.5, 0.6) is 0 Å². The Hall–Kier alpha value is -3.63. The Morgan fingerprint density at radius 2 is 1.56 bits per heavy atom. The van der Waals surface area contributed by atoms with E-state index in [1.165, 1.54) is 36.4 Å². The lowest BCUT2D eigenvalue weighted by molar-refractivity contribution is -0.384. The number of nitro groups is 1. The number of halogens is 1. The van der Waals surface area contributed by atoms with Crippen molar-refractivity contribution >= 4 is 21.6 Å². The van der Waals surface area contributed by atoms with Crippen LogP contribution in [0, 0.1) is 15.9 Å². The quantitative estimate of drug-likeness (QED) is 0.378. The van der Waals surface area contributed by atoms with E-state index in [9.17, 15) is 27.7 Å². The molecule has 0 fully saturated rings. The fourth-order valence-electron chi connectivity index (χ4n) is 3.00. The topological polar surface area (TPSA) is 118 Å². The molecule has 166 valence electrons. The molecule has 0 bridgehead atoms. The van der Waals surface area contributed by atoms with Gasteiger partial charge in [0.15, 0.2) is 0 Å². The van der Waals surface area contributed by atoms with Gasteiger partial charge in [-0.05, 0) is 29.7 Å². The van der Waals surface area contributed by atoms with Crippen molar-refractivity contribution in [3.8, 4) is 0 Å². The smallest absolute Gasteiger partial charge is 0.269 e. The predicted molar refractivity (Wildman–Crippen MR) is 116 cm³/mol. The summed E-state index contributed by atoms with van der Waals surface area (Å²) < 4.78 is 41.8. The number of non-ortho nitro benzene ring substituents is 1. The van der Waals surface area contributed by atoms with Gasteiger partial charge in [0.05, 0.1) is 4.92 Å². The Kier molecular flexibility index (Phi) is 7.29. The van der Waals surface area contributed by atoms with Crippen LogP contribution in [-0.2, 0) is 27.8 Å². The van der Waals surface area contributed by atoms with Gasteiger partial charge in [-0.2, -0.15) is 4.72 Å². The molecule has 0 saturated heterocycles. The molecular weight excluding hydrogens is 437 g/mol. The van der Waals surface area contributed by atoms with Crippen molar-refractivity contribution in [3.05, 3.63) is 106 Å². The molecule has 8 nitrogen and oxygen atoms in total. The Balaban J connectivity index is 1.78. The summed E-state index contributed by atoms with van der Waals surface area (Å²) in [5.74, 6) is -1.54. The van der Waals surface area contributed by atoms with Crippen LogP contribution in [0.4, 0.5) is 10.1 Å². The van der Waals surface area contributed by atoms with Crippen LogP contribution in [0.3, 0.4) is 0 Å². The number of carbonyl (C=O) groups is 1. The Morgan fingerprint density at radius 1 is 0.938 bits per heavy atom. The van der Waals surface area contributed by atoms with Crippen molar-refractivity contribution in [2.45, 2.75) is 23.9 Å². The molecule has 1 atom stereocenters. The molecule has 0 aromatic heterocycles. The first-order valence-corrected chi connectivity index (χ1v) is 11.1. The van der Waals surface area contributed by atoms with E-state index in [1.807, 2.05) is 0 Å². The molecule has 1 unspecified atom stereocenters. The third-order valence-electron chi connectivity index (χ3n) is 4.64. The first kappa shape index (κ1) is 23.0. The monoisotopic (exact) mass is 457 g/mol. The van der Waals surface area contributed by atoms with Gasteiger partial charge >= 0.3 is 0 Å². The summed E-state index contributed by atoms with van der Waals surface area (Å²) in [6.45, 7) is 0.0313. The van der Waals surface area contributed by atoms with Crippen LogP contribution in [0.1, 0.15) is 11.1 Å². The molecule has 2 N–H and O–H groups in total. The largest absolute Gasteiger partial charge is 0.351 e. The number of amides is 1. The van der Waals surface area contributed by atoms with Gasteiger partial charge in [-0.25, -0.2) is 12.8 Å². The lowest BCUT2D eigenvalue weighted by Crippen LogP contribution is -2.47. The number of nitrogens with one attached hydrogen (secondary N) is 2. The maximum atomic E-state index is 14.1. The molecular formula is C22H20FN3O5S. The van der Waals surface area contributed by atoms with E-state index in [0.717, 1.165) is 12.1 Å². The maximum Gasteiger partial charge on any atom is 0.269 e. The van der Waals surface area contributed by atoms with E-state index in [4.69, 9.17) is 0 Å². The highest BCUT2D eigenvalue weighted by molar-refractivity contribution is 7.89. The minimum Gasteiger partial charge on any atom is -0.351 e. The van der Waals surface area contributed by atoms with E-state index < -0.39 is 37.6 Å². The SMILES string of the molecule is O=C(NCc1ccc([N+](=O)[O-])cc1)C(Cc1ccccc1)NS(=O)(=O)c1ccccc1F. The molecule has 3 aromatic carbocycles. The van der Waals surface area contributed by atoms with Crippen LogP contribution in [-0.4, -0.2) is 25.3 Å². The molecule has 0 heterocycles. The summed E-state index contributed by atoms with van der Waals surface area (Å²) in [4.78, 5) is 22.5. The van der Waals surface area contributed by atoms with Crippen LogP contribution in [0.2, 0.25) is 0 Å². The number of rotatable bonds is 9. The molecule has 0 aliphatic carbocycles. The van der Waals surface area contributed by atoms with E-state index >= 15 is 0 Å². The zero-order valence-corrected chi connectivity index (χ0v) is 17.6. The van der Waals surface area contributed by atoms with Crippen LogP contribution in [0.15, 0.2) is 83.8 Å². The molecule has 0 radical (unpaired) electrons. The summed E-state index contributed by atoms with van der Waals surface area (Å²) in [6, 6.07) is 18.1. The van der Waals surface area contributed by atoms with Crippen molar-refractivity contribution in [2.24, 2.45) is 0 Å². The molecule has 3 aromatic rings. The average Bonchev–Trinajstić information content (AvgIpc) is 2.78. The third kappa shape index (κ3) is 5.96. The van der Waals surface area contributed by atoms with E-state index in [1.54, 1.807) is 30.3 Å². The van der Waals surface area contributed by atoms with Crippen LogP contribution < -0.4 is 10.0 Å². The summed E-state index contributed by atoms with van der Waals surface area (Å²) >= 11 is 0. The third-order valence-corrected chi connectivity index (χ3v) is 6.14. The molecule has 10 heteroatoms. The lowest BCUT2D eigenvalue weighted by Gasteiger charge is -2.19. The summed E-state index contributed by atoms with van der Waals surface area (Å²) in [6.07, 6.45) is 0.0423. The lowest BCUT2D eigenvalue weighted by atomic mass is 10.1. The number of hydrogen-bond acceptors (Lipinski definition) is 5. The number of nitro benzene ring substituents is 1. The average molecular weight is 457 g/mol. The van der Waals surface area contributed by atoms with Gasteiger partial charge in [0.1, 0.15) is 16.8 Å². The van der Waals surface area contributed by atoms with Crippen molar-refractivity contribution in [3.63, 3.8) is 0 Å². The van der Waals surface area contributed by atoms with Crippen molar-refractivity contribution in [2.75, 3.05) is 0 Å². The number of sulfonamides is 1. The van der Waals surface area contributed by atoms with E-state index in [0.29, 0.717) is 11.1 Å². The molecule has 1 amide bonds. The number of hydrogen-bond donors (Lipinski definition) is 2. The van der Waals surface area contributed by atoms with Gasteiger partial charge in [0, 0.05) is 18.7 Å². The van der Waals surface area contributed by atoms with Gasteiger partial charge in [-0.3, -0.25) is 14.9 Å². The summed E-state index contributed by atoms with van der Waals surface area (Å²) in [7, 11) is -4.31. The first-order chi connectivity index (χ1) is 15.3. The van der Waals surface area contributed by atoms with Crippen molar-refractivity contribution in [1.29, 1.82) is 0 Å². The van der Waals surface area contributed by atoms with Crippen molar-refractivity contribution in [1.82, 2.24) is 10.0 Å². The second-order valence-electron chi connectivity index (χ2n) is 6.94. The minimum absolute atomic E-state index is 0.0313.